The van der Waals surface area contributed by atoms with Gasteiger partial charge in [-0.05, 0) is 12.3 Å². The fourth-order valence-electron chi connectivity index (χ4n) is 2.42. The summed E-state index contributed by atoms with van der Waals surface area (Å²) in [5, 5.41) is 5.58. The Kier molecular flexibility index (Phi) is 3.59. The number of aromatic nitrogens is 1. The third-order valence-corrected chi connectivity index (χ3v) is 4.07. The maximum Gasteiger partial charge on any atom is 0.223 e. The van der Waals surface area contributed by atoms with E-state index in [0.717, 1.165) is 11.0 Å². The number of anilines is 1. The van der Waals surface area contributed by atoms with Gasteiger partial charge in [0.2, 0.25) is 5.91 Å². The molecule has 1 N–H and O–H groups in total. The lowest BCUT2D eigenvalue weighted by Gasteiger charge is -2.27. The zero-order chi connectivity index (χ0) is 11.5. The molecule has 88 valence electrons. The van der Waals surface area contributed by atoms with Gasteiger partial charge in [0.05, 0.1) is 5.69 Å². The molecule has 1 aromatic rings. The summed E-state index contributed by atoms with van der Waals surface area (Å²) in [6.45, 7) is 3.82. The molecule has 1 amide bonds. The van der Waals surface area contributed by atoms with E-state index in [0.29, 0.717) is 5.92 Å². The molecular weight excluding hydrogens is 220 g/mol. The summed E-state index contributed by atoms with van der Waals surface area (Å²) in [6.07, 6.45) is 5.20. The third-order valence-electron chi connectivity index (χ3n) is 3.30. The van der Waals surface area contributed by atoms with Crippen LogP contribution >= 0.6 is 11.3 Å². The Morgan fingerprint density at radius 1 is 1.50 bits per heavy atom. The number of hydrogen-bond donors (Lipinski definition) is 1. The SMILES string of the molecule is CC(=O)Nc1nc(C2CCCCC2C)cs1. The van der Waals surface area contributed by atoms with Crippen LogP contribution in [-0.2, 0) is 4.79 Å². The van der Waals surface area contributed by atoms with Crippen LogP contribution in [0.3, 0.4) is 0 Å². The van der Waals surface area contributed by atoms with Crippen molar-refractivity contribution >= 4 is 22.4 Å². The molecule has 0 spiro atoms. The second-order valence-electron chi connectivity index (χ2n) is 4.63. The fourth-order valence-corrected chi connectivity index (χ4v) is 3.24. The number of nitrogens with zero attached hydrogens (tertiary/aromatic N) is 1. The number of hydrogen-bond acceptors (Lipinski definition) is 3. The Hall–Kier alpha value is -0.900. The first-order chi connectivity index (χ1) is 7.66. The molecule has 1 aliphatic rings. The van der Waals surface area contributed by atoms with Gasteiger partial charge in [-0.1, -0.05) is 26.2 Å². The van der Waals surface area contributed by atoms with Gasteiger partial charge in [-0.15, -0.1) is 11.3 Å². The zero-order valence-corrected chi connectivity index (χ0v) is 10.6. The lowest BCUT2D eigenvalue weighted by atomic mass is 9.79. The van der Waals surface area contributed by atoms with Gasteiger partial charge in [0.1, 0.15) is 0 Å². The Morgan fingerprint density at radius 3 is 2.94 bits per heavy atom. The van der Waals surface area contributed by atoms with Gasteiger partial charge in [0.25, 0.3) is 0 Å². The van der Waals surface area contributed by atoms with Crippen LogP contribution in [0.2, 0.25) is 0 Å². The number of carbonyl (C=O) groups is 1. The van der Waals surface area contributed by atoms with Crippen molar-refractivity contribution in [2.45, 2.75) is 45.4 Å². The Morgan fingerprint density at radius 2 is 2.25 bits per heavy atom. The molecule has 0 aromatic carbocycles. The van der Waals surface area contributed by atoms with Crippen LogP contribution in [0.1, 0.15) is 51.1 Å². The molecule has 2 rings (SSSR count). The zero-order valence-electron chi connectivity index (χ0n) is 9.82. The van der Waals surface area contributed by atoms with Gasteiger partial charge in [-0.25, -0.2) is 4.98 Å². The molecule has 1 heterocycles. The Balaban J connectivity index is 2.08. The second-order valence-corrected chi connectivity index (χ2v) is 5.49. The molecule has 1 saturated carbocycles. The standard InChI is InChI=1S/C12H18N2OS/c1-8-5-3-4-6-10(8)11-7-16-12(14-11)13-9(2)15/h7-8,10H,3-6H2,1-2H3,(H,13,14,15). The summed E-state index contributed by atoms with van der Waals surface area (Å²) in [6, 6.07) is 0. The van der Waals surface area contributed by atoms with Crippen LogP contribution in [0.5, 0.6) is 0 Å². The van der Waals surface area contributed by atoms with Crippen LogP contribution in [0.15, 0.2) is 5.38 Å². The van der Waals surface area contributed by atoms with Crippen LogP contribution in [0.25, 0.3) is 0 Å². The number of thiazole rings is 1. The van der Waals surface area contributed by atoms with Crippen LogP contribution in [0, 0.1) is 5.92 Å². The third kappa shape index (κ3) is 2.61. The van der Waals surface area contributed by atoms with E-state index in [1.165, 1.54) is 49.6 Å². The van der Waals surface area contributed by atoms with Crippen molar-refractivity contribution in [3.8, 4) is 0 Å². The fraction of sp³-hybridized carbons (Fsp3) is 0.667. The normalized spacial score (nSPS) is 25.4. The van der Waals surface area contributed by atoms with Crippen LogP contribution in [-0.4, -0.2) is 10.9 Å². The smallest absolute Gasteiger partial charge is 0.223 e. The van der Waals surface area contributed by atoms with Gasteiger partial charge in [0.15, 0.2) is 5.13 Å². The van der Waals surface area contributed by atoms with Gasteiger partial charge in [-0.3, -0.25) is 4.79 Å². The molecule has 0 bridgehead atoms. The van der Waals surface area contributed by atoms with E-state index in [4.69, 9.17) is 0 Å². The van der Waals surface area contributed by atoms with Gasteiger partial charge in [-0.2, -0.15) is 0 Å². The molecule has 1 aliphatic carbocycles. The van der Waals surface area contributed by atoms with Crippen molar-refractivity contribution in [1.29, 1.82) is 0 Å². The van der Waals surface area contributed by atoms with Crippen molar-refractivity contribution < 1.29 is 4.79 Å². The minimum atomic E-state index is -0.0439. The van der Waals surface area contributed by atoms with Crippen molar-refractivity contribution in [3.63, 3.8) is 0 Å². The predicted molar refractivity (Wildman–Crippen MR) is 66.8 cm³/mol. The molecule has 1 fully saturated rings. The van der Waals surface area contributed by atoms with E-state index in [1.807, 2.05) is 0 Å². The topological polar surface area (TPSA) is 42.0 Å². The predicted octanol–water partition coefficient (Wildman–Crippen LogP) is 3.40. The highest BCUT2D eigenvalue weighted by atomic mass is 32.1. The largest absolute Gasteiger partial charge is 0.302 e. The Labute approximate surface area is 100 Å². The van der Waals surface area contributed by atoms with Crippen LogP contribution in [0.4, 0.5) is 5.13 Å². The molecule has 3 nitrogen and oxygen atoms in total. The lowest BCUT2D eigenvalue weighted by molar-refractivity contribution is -0.114. The van der Waals surface area contributed by atoms with E-state index in [-0.39, 0.29) is 5.91 Å². The van der Waals surface area contributed by atoms with Crippen molar-refractivity contribution in [1.82, 2.24) is 4.98 Å². The van der Waals surface area contributed by atoms with Gasteiger partial charge in [0, 0.05) is 18.2 Å². The Bertz CT molecular complexity index is 375. The average molecular weight is 238 g/mol. The molecule has 1 aromatic heterocycles. The minimum absolute atomic E-state index is 0.0439. The first kappa shape index (κ1) is 11.6. The van der Waals surface area contributed by atoms with E-state index in [9.17, 15) is 4.79 Å². The van der Waals surface area contributed by atoms with Crippen molar-refractivity contribution in [2.75, 3.05) is 5.32 Å². The summed E-state index contributed by atoms with van der Waals surface area (Å²) >= 11 is 1.53. The van der Waals surface area contributed by atoms with Gasteiger partial charge >= 0.3 is 0 Å². The molecule has 2 atom stereocenters. The summed E-state index contributed by atoms with van der Waals surface area (Å²) < 4.78 is 0. The molecule has 4 heteroatoms. The molecule has 0 aliphatic heterocycles. The number of carbonyl (C=O) groups excluding carboxylic acids is 1. The monoisotopic (exact) mass is 238 g/mol. The molecule has 2 unspecified atom stereocenters. The molecule has 0 saturated heterocycles. The summed E-state index contributed by atoms with van der Waals surface area (Å²) in [5.74, 6) is 1.27. The van der Waals surface area contributed by atoms with Crippen molar-refractivity contribution in [2.24, 2.45) is 5.92 Å². The summed E-state index contributed by atoms with van der Waals surface area (Å²) in [4.78, 5) is 15.4. The number of nitrogens with one attached hydrogen (secondary N) is 1. The number of rotatable bonds is 2. The highest BCUT2D eigenvalue weighted by molar-refractivity contribution is 7.13. The highest BCUT2D eigenvalue weighted by Crippen LogP contribution is 2.38. The summed E-state index contributed by atoms with van der Waals surface area (Å²) in [5.41, 5.74) is 1.17. The minimum Gasteiger partial charge on any atom is -0.302 e. The molecular formula is C12H18N2OS. The summed E-state index contributed by atoms with van der Waals surface area (Å²) in [7, 11) is 0. The van der Waals surface area contributed by atoms with E-state index < -0.39 is 0 Å². The van der Waals surface area contributed by atoms with E-state index >= 15 is 0 Å². The van der Waals surface area contributed by atoms with Gasteiger partial charge < -0.3 is 5.32 Å². The molecule has 16 heavy (non-hydrogen) atoms. The second kappa shape index (κ2) is 4.95. The lowest BCUT2D eigenvalue weighted by Crippen LogP contribution is -2.15. The first-order valence-electron chi connectivity index (χ1n) is 5.90. The highest BCUT2D eigenvalue weighted by Gasteiger charge is 2.24. The molecule has 0 radical (unpaired) electrons. The average Bonchev–Trinajstić information content (AvgIpc) is 2.66. The van der Waals surface area contributed by atoms with E-state index in [2.05, 4.69) is 22.6 Å². The van der Waals surface area contributed by atoms with Crippen LogP contribution < -0.4 is 5.32 Å². The quantitative estimate of drug-likeness (QED) is 0.858. The van der Waals surface area contributed by atoms with Crippen molar-refractivity contribution in [3.05, 3.63) is 11.1 Å². The van der Waals surface area contributed by atoms with E-state index in [1.54, 1.807) is 0 Å². The maximum absolute atomic E-state index is 10.9. The first-order valence-corrected chi connectivity index (χ1v) is 6.78. The number of amides is 1. The maximum atomic E-state index is 10.9.